The lowest BCUT2D eigenvalue weighted by Crippen LogP contribution is -2.15. The van der Waals surface area contributed by atoms with Gasteiger partial charge >= 0.3 is 0 Å². The van der Waals surface area contributed by atoms with Crippen LogP contribution in [0.5, 0.6) is 11.5 Å². The molecule has 6 heteroatoms. The molecule has 6 nitrogen and oxygen atoms in total. The van der Waals surface area contributed by atoms with E-state index in [9.17, 15) is 0 Å². The normalized spacial score (nSPS) is 13.1. The van der Waals surface area contributed by atoms with Crippen LogP contribution in [0.4, 0.5) is 0 Å². The highest BCUT2D eigenvalue weighted by Crippen LogP contribution is 2.40. The second-order valence-electron chi connectivity index (χ2n) is 8.64. The fourth-order valence-corrected chi connectivity index (χ4v) is 4.85. The molecule has 1 aliphatic rings. The Labute approximate surface area is 200 Å². The lowest BCUT2D eigenvalue weighted by Gasteiger charge is -2.24. The first-order chi connectivity index (χ1) is 16.7. The number of aromatic nitrogens is 4. The summed E-state index contributed by atoms with van der Waals surface area (Å²) in [6.45, 7) is 7.47. The molecule has 0 saturated carbocycles. The standard InChI is InChI=1S/C28H30N4O2/c1-4-27(22-7-6-8-23(14-22)33-5-2)32-28-25(19(3)31-32)11-9-21-13-24(10-12-26(21)28)34-17-20-15-29-18-30-16-20/h6-8,10,12-16,18,27H,4-5,9,11,17H2,1-3H3. The van der Waals surface area contributed by atoms with Crippen LogP contribution in [0, 0.1) is 6.92 Å². The van der Waals surface area contributed by atoms with Gasteiger partial charge in [0.2, 0.25) is 0 Å². The lowest BCUT2D eigenvalue weighted by atomic mass is 9.88. The minimum absolute atomic E-state index is 0.141. The molecule has 0 bridgehead atoms. The van der Waals surface area contributed by atoms with Crippen molar-refractivity contribution in [1.82, 2.24) is 19.7 Å². The minimum Gasteiger partial charge on any atom is -0.494 e. The average molecular weight is 455 g/mol. The fraction of sp³-hybridized carbons (Fsp3) is 0.321. The molecule has 0 aliphatic heterocycles. The van der Waals surface area contributed by atoms with Crippen LogP contribution in [-0.2, 0) is 19.4 Å². The van der Waals surface area contributed by atoms with Crippen molar-refractivity contribution >= 4 is 0 Å². The van der Waals surface area contributed by atoms with E-state index in [0.29, 0.717) is 13.2 Å². The van der Waals surface area contributed by atoms with Gasteiger partial charge < -0.3 is 9.47 Å². The molecule has 0 spiro atoms. The predicted octanol–water partition coefficient (Wildman–Crippen LogP) is 5.72. The molecule has 34 heavy (non-hydrogen) atoms. The zero-order chi connectivity index (χ0) is 23.5. The maximum Gasteiger partial charge on any atom is 0.120 e. The van der Waals surface area contributed by atoms with E-state index in [4.69, 9.17) is 14.6 Å². The quantitative estimate of drug-likeness (QED) is 0.341. The van der Waals surface area contributed by atoms with Gasteiger partial charge in [0.1, 0.15) is 24.4 Å². The molecule has 0 saturated heterocycles. The Kier molecular flexibility index (Phi) is 6.30. The Bertz CT molecular complexity index is 1280. The van der Waals surface area contributed by atoms with Crippen molar-refractivity contribution in [2.24, 2.45) is 0 Å². The number of rotatable bonds is 8. The average Bonchev–Trinajstić information content (AvgIpc) is 3.20. The third-order valence-electron chi connectivity index (χ3n) is 6.44. The van der Waals surface area contributed by atoms with Crippen LogP contribution in [0.2, 0.25) is 0 Å². The summed E-state index contributed by atoms with van der Waals surface area (Å²) in [5.41, 5.74) is 8.42. The third-order valence-corrected chi connectivity index (χ3v) is 6.44. The SMILES string of the molecule is CCOc1cccc(C(CC)n2nc(C)c3c2-c2ccc(OCc4cncnc4)cc2CC3)c1. The number of hydrogen-bond acceptors (Lipinski definition) is 5. The monoisotopic (exact) mass is 454 g/mol. The number of aryl methyl sites for hydroxylation is 2. The zero-order valence-electron chi connectivity index (χ0n) is 20.0. The molecule has 1 aliphatic carbocycles. The van der Waals surface area contributed by atoms with Gasteiger partial charge in [-0.2, -0.15) is 5.10 Å². The Morgan fingerprint density at radius 1 is 0.971 bits per heavy atom. The summed E-state index contributed by atoms with van der Waals surface area (Å²) in [5.74, 6) is 1.77. The molecular formula is C28H30N4O2. The lowest BCUT2D eigenvalue weighted by molar-refractivity contribution is 0.305. The van der Waals surface area contributed by atoms with Crippen molar-refractivity contribution < 1.29 is 9.47 Å². The molecule has 1 atom stereocenters. The first kappa shape index (κ1) is 22.1. The van der Waals surface area contributed by atoms with Crippen molar-refractivity contribution in [1.29, 1.82) is 0 Å². The topological polar surface area (TPSA) is 62.1 Å². The van der Waals surface area contributed by atoms with E-state index in [1.807, 2.05) is 13.0 Å². The molecule has 174 valence electrons. The fourth-order valence-electron chi connectivity index (χ4n) is 4.85. The highest BCUT2D eigenvalue weighted by molar-refractivity contribution is 5.72. The summed E-state index contributed by atoms with van der Waals surface area (Å²) >= 11 is 0. The van der Waals surface area contributed by atoms with Crippen molar-refractivity contribution in [3.8, 4) is 22.8 Å². The first-order valence-corrected chi connectivity index (χ1v) is 12.0. The van der Waals surface area contributed by atoms with Crippen LogP contribution in [0.1, 0.15) is 54.3 Å². The summed E-state index contributed by atoms with van der Waals surface area (Å²) < 4.78 is 14.0. The van der Waals surface area contributed by atoms with E-state index in [1.54, 1.807) is 12.4 Å². The molecular weight excluding hydrogens is 424 g/mol. The molecule has 2 aromatic heterocycles. The molecule has 0 fully saturated rings. The number of ether oxygens (including phenoxy) is 2. The van der Waals surface area contributed by atoms with Gasteiger partial charge in [-0.25, -0.2) is 9.97 Å². The zero-order valence-corrected chi connectivity index (χ0v) is 20.0. The highest BCUT2D eigenvalue weighted by Gasteiger charge is 2.27. The Morgan fingerprint density at radius 2 is 1.79 bits per heavy atom. The smallest absolute Gasteiger partial charge is 0.120 e. The molecule has 0 N–H and O–H groups in total. The number of hydrogen-bond donors (Lipinski definition) is 0. The van der Waals surface area contributed by atoms with E-state index in [-0.39, 0.29) is 6.04 Å². The minimum atomic E-state index is 0.141. The van der Waals surface area contributed by atoms with Crippen LogP contribution in [-0.4, -0.2) is 26.4 Å². The van der Waals surface area contributed by atoms with Gasteiger partial charge in [-0.15, -0.1) is 0 Å². The first-order valence-electron chi connectivity index (χ1n) is 12.0. The largest absolute Gasteiger partial charge is 0.494 e. The van der Waals surface area contributed by atoms with E-state index in [2.05, 4.69) is 64.9 Å². The van der Waals surface area contributed by atoms with Crippen LogP contribution in [0.15, 0.2) is 61.2 Å². The molecule has 1 unspecified atom stereocenters. The number of nitrogens with zero attached hydrogens (tertiary/aromatic N) is 4. The second kappa shape index (κ2) is 9.67. The van der Waals surface area contributed by atoms with Crippen LogP contribution in [0.3, 0.4) is 0 Å². The van der Waals surface area contributed by atoms with Gasteiger partial charge in [0.05, 0.1) is 24.0 Å². The van der Waals surface area contributed by atoms with Crippen molar-refractivity contribution in [3.63, 3.8) is 0 Å². The van der Waals surface area contributed by atoms with Gasteiger partial charge in [0, 0.05) is 29.1 Å². The predicted molar refractivity (Wildman–Crippen MR) is 132 cm³/mol. The number of fused-ring (bicyclic) bond motifs is 3. The summed E-state index contributed by atoms with van der Waals surface area (Å²) in [6.07, 6.45) is 8.01. The van der Waals surface area contributed by atoms with Crippen LogP contribution in [0.25, 0.3) is 11.3 Å². The summed E-state index contributed by atoms with van der Waals surface area (Å²) in [5, 5.41) is 5.04. The molecule has 5 rings (SSSR count). The second-order valence-corrected chi connectivity index (χ2v) is 8.64. The van der Waals surface area contributed by atoms with E-state index in [0.717, 1.165) is 42.0 Å². The maximum absolute atomic E-state index is 6.04. The van der Waals surface area contributed by atoms with E-state index < -0.39 is 0 Å². The van der Waals surface area contributed by atoms with Crippen molar-refractivity contribution in [2.45, 2.75) is 52.7 Å². The number of benzene rings is 2. The van der Waals surface area contributed by atoms with E-state index >= 15 is 0 Å². The summed E-state index contributed by atoms with van der Waals surface area (Å²) in [6, 6.07) is 15.0. The van der Waals surface area contributed by atoms with Crippen molar-refractivity contribution in [2.75, 3.05) is 6.61 Å². The Morgan fingerprint density at radius 3 is 2.59 bits per heavy atom. The third kappa shape index (κ3) is 4.28. The van der Waals surface area contributed by atoms with Crippen LogP contribution >= 0.6 is 0 Å². The van der Waals surface area contributed by atoms with Gasteiger partial charge in [-0.1, -0.05) is 19.1 Å². The molecule has 0 amide bonds. The van der Waals surface area contributed by atoms with Gasteiger partial charge in [-0.3, -0.25) is 4.68 Å². The Hall–Kier alpha value is -3.67. The molecule has 2 aromatic carbocycles. The highest BCUT2D eigenvalue weighted by atomic mass is 16.5. The molecule has 0 radical (unpaired) electrons. The van der Waals surface area contributed by atoms with Gasteiger partial charge in [0.25, 0.3) is 0 Å². The molecule has 4 aromatic rings. The van der Waals surface area contributed by atoms with Gasteiger partial charge in [0.15, 0.2) is 0 Å². The van der Waals surface area contributed by atoms with Gasteiger partial charge in [-0.05, 0) is 74.6 Å². The van der Waals surface area contributed by atoms with Crippen LogP contribution < -0.4 is 9.47 Å². The van der Waals surface area contributed by atoms with Crippen molar-refractivity contribution in [3.05, 3.63) is 89.1 Å². The van der Waals surface area contributed by atoms with E-state index in [1.165, 1.54) is 34.3 Å². The summed E-state index contributed by atoms with van der Waals surface area (Å²) in [4.78, 5) is 8.12. The maximum atomic E-state index is 6.04. The Balaban J connectivity index is 1.48. The molecule has 2 heterocycles. The summed E-state index contributed by atoms with van der Waals surface area (Å²) in [7, 11) is 0.